The van der Waals surface area contributed by atoms with Gasteiger partial charge in [-0.15, -0.1) is 10.2 Å². The summed E-state index contributed by atoms with van der Waals surface area (Å²) in [5, 5.41) is 11.9. The molecule has 3 aliphatic rings. The molecule has 0 N–H and O–H groups in total. The Morgan fingerprint density at radius 2 is 1.91 bits per heavy atom. The number of aromatic nitrogens is 2. The van der Waals surface area contributed by atoms with E-state index in [2.05, 4.69) is 32.1 Å². The fourth-order valence-corrected chi connectivity index (χ4v) is 4.55. The fraction of sp³-hybridized carbons (Fsp3) is 0.412. The van der Waals surface area contributed by atoms with Gasteiger partial charge in [-0.3, -0.25) is 0 Å². The fourth-order valence-electron chi connectivity index (χ4n) is 3.66. The lowest BCUT2D eigenvalue weighted by molar-refractivity contribution is 0.250. The molecule has 3 aromatic rings. The quantitative estimate of drug-likeness (QED) is 0.723. The average molecular weight is 326 g/mol. The van der Waals surface area contributed by atoms with Gasteiger partial charge in [0.15, 0.2) is 10.8 Å². The van der Waals surface area contributed by atoms with Gasteiger partial charge in [0.1, 0.15) is 5.58 Å². The van der Waals surface area contributed by atoms with Gasteiger partial charge in [-0.1, -0.05) is 29.5 Å². The SMILES string of the molecule is c1ccc2oc(-c3nnc(N4CCN5CCC4CC5)s3)cc2c1. The minimum absolute atomic E-state index is 0.616. The van der Waals surface area contributed by atoms with Crippen LogP contribution >= 0.6 is 11.3 Å². The first-order valence-electron chi connectivity index (χ1n) is 8.18. The molecule has 23 heavy (non-hydrogen) atoms. The van der Waals surface area contributed by atoms with Crippen molar-refractivity contribution in [1.29, 1.82) is 0 Å². The number of hydrogen-bond acceptors (Lipinski definition) is 6. The van der Waals surface area contributed by atoms with E-state index in [1.165, 1.54) is 25.9 Å². The number of nitrogens with zero attached hydrogens (tertiary/aromatic N) is 4. The lowest BCUT2D eigenvalue weighted by atomic mass is 10.1. The molecule has 0 spiro atoms. The van der Waals surface area contributed by atoms with Gasteiger partial charge in [-0.2, -0.15) is 0 Å². The standard InChI is InChI=1S/C17H18N4OS/c1-2-4-14-12(3-1)11-15(22-14)16-18-19-17(23-16)21-10-9-20-7-5-13(21)6-8-20/h1-4,11,13H,5-10H2. The van der Waals surface area contributed by atoms with E-state index in [0.29, 0.717) is 6.04 Å². The van der Waals surface area contributed by atoms with E-state index >= 15 is 0 Å². The van der Waals surface area contributed by atoms with E-state index in [-0.39, 0.29) is 0 Å². The average Bonchev–Trinajstić information content (AvgIpc) is 3.14. The lowest BCUT2D eigenvalue weighted by Crippen LogP contribution is -2.37. The molecule has 6 rings (SSSR count). The number of furan rings is 1. The largest absolute Gasteiger partial charge is 0.453 e. The summed E-state index contributed by atoms with van der Waals surface area (Å²) in [6.07, 6.45) is 2.47. The smallest absolute Gasteiger partial charge is 0.209 e. The number of rotatable bonds is 2. The van der Waals surface area contributed by atoms with Crippen molar-refractivity contribution in [1.82, 2.24) is 15.1 Å². The molecule has 5 nitrogen and oxygen atoms in total. The molecular formula is C17H18N4OS. The van der Waals surface area contributed by atoms with Crippen LogP contribution < -0.4 is 4.90 Å². The van der Waals surface area contributed by atoms with E-state index in [4.69, 9.17) is 4.42 Å². The predicted molar refractivity (Wildman–Crippen MR) is 91.9 cm³/mol. The highest BCUT2D eigenvalue weighted by Gasteiger charge is 2.31. The Bertz CT molecular complexity index is 801. The van der Waals surface area contributed by atoms with Crippen molar-refractivity contribution in [3.8, 4) is 10.8 Å². The Balaban J connectivity index is 1.47. The second-order valence-electron chi connectivity index (χ2n) is 6.30. The van der Waals surface area contributed by atoms with Crippen molar-refractivity contribution < 1.29 is 4.42 Å². The summed E-state index contributed by atoms with van der Waals surface area (Å²) in [4.78, 5) is 5.01. The second-order valence-corrected chi connectivity index (χ2v) is 7.26. The summed E-state index contributed by atoms with van der Waals surface area (Å²) in [5.74, 6) is 0.817. The van der Waals surface area contributed by atoms with Gasteiger partial charge in [0.2, 0.25) is 5.13 Å². The Labute approximate surface area is 138 Å². The van der Waals surface area contributed by atoms with E-state index < -0.39 is 0 Å². The number of benzene rings is 1. The van der Waals surface area contributed by atoms with Gasteiger partial charge >= 0.3 is 0 Å². The van der Waals surface area contributed by atoms with E-state index in [0.717, 1.165) is 40.0 Å². The molecule has 0 atom stereocenters. The Morgan fingerprint density at radius 3 is 2.78 bits per heavy atom. The van der Waals surface area contributed by atoms with E-state index in [1.807, 2.05) is 18.2 Å². The maximum atomic E-state index is 5.92. The molecule has 0 radical (unpaired) electrons. The zero-order chi connectivity index (χ0) is 15.2. The van der Waals surface area contributed by atoms with E-state index in [1.54, 1.807) is 11.3 Å². The van der Waals surface area contributed by atoms with Gasteiger partial charge in [-0.25, -0.2) is 0 Å². The molecule has 2 bridgehead atoms. The van der Waals surface area contributed by atoms with Crippen molar-refractivity contribution in [3.05, 3.63) is 30.3 Å². The first-order chi connectivity index (χ1) is 11.4. The van der Waals surface area contributed by atoms with Gasteiger partial charge in [0, 0.05) is 37.6 Å². The summed E-state index contributed by atoms with van der Waals surface area (Å²) < 4.78 is 5.92. The molecule has 2 aromatic heterocycles. The van der Waals surface area contributed by atoms with Crippen LogP contribution in [0.15, 0.2) is 34.7 Å². The topological polar surface area (TPSA) is 45.4 Å². The van der Waals surface area contributed by atoms with Crippen molar-refractivity contribution in [3.63, 3.8) is 0 Å². The third-order valence-corrected chi connectivity index (χ3v) is 5.93. The molecule has 5 heterocycles. The molecule has 6 heteroatoms. The number of anilines is 1. The maximum Gasteiger partial charge on any atom is 0.209 e. The molecule has 118 valence electrons. The molecule has 3 aliphatic heterocycles. The predicted octanol–water partition coefficient (Wildman–Crippen LogP) is 3.24. The molecule has 3 fully saturated rings. The lowest BCUT2D eigenvalue weighted by Gasteiger charge is -2.30. The number of fused-ring (bicyclic) bond motifs is 5. The second kappa shape index (κ2) is 5.32. The molecule has 0 unspecified atom stereocenters. The van der Waals surface area contributed by atoms with Gasteiger partial charge in [-0.05, 0) is 25.0 Å². The molecule has 0 amide bonds. The minimum atomic E-state index is 0.616. The van der Waals surface area contributed by atoms with Crippen molar-refractivity contribution in [2.24, 2.45) is 0 Å². The molecular weight excluding hydrogens is 308 g/mol. The van der Waals surface area contributed by atoms with Crippen molar-refractivity contribution >= 4 is 27.4 Å². The number of hydrogen-bond donors (Lipinski definition) is 0. The van der Waals surface area contributed by atoms with Crippen LogP contribution in [0.4, 0.5) is 5.13 Å². The summed E-state index contributed by atoms with van der Waals surface area (Å²) >= 11 is 1.65. The molecule has 1 aromatic carbocycles. The van der Waals surface area contributed by atoms with Crippen LogP contribution in [0.1, 0.15) is 12.8 Å². The number of para-hydroxylation sites is 1. The van der Waals surface area contributed by atoms with Crippen molar-refractivity contribution in [2.75, 3.05) is 31.1 Å². The molecule has 3 saturated heterocycles. The zero-order valence-electron chi connectivity index (χ0n) is 12.8. The zero-order valence-corrected chi connectivity index (χ0v) is 13.6. The third-order valence-electron chi connectivity index (χ3n) is 4.95. The Morgan fingerprint density at radius 1 is 1.04 bits per heavy atom. The van der Waals surface area contributed by atoms with Crippen LogP contribution in [-0.2, 0) is 0 Å². The van der Waals surface area contributed by atoms with Crippen LogP contribution in [0.25, 0.3) is 21.7 Å². The van der Waals surface area contributed by atoms with Gasteiger partial charge in [0.05, 0.1) is 0 Å². The van der Waals surface area contributed by atoms with Crippen LogP contribution in [0.3, 0.4) is 0 Å². The highest BCUT2D eigenvalue weighted by atomic mass is 32.1. The molecule has 0 aliphatic carbocycles. The highest BCUT2D eigenvalue weighted by molar-refractivity contribution is 7.18. The summed E-state index contributed by atoms with van der Waals surface area (Å²) in [6, 6.07) is 10.7. The van der Waals surface area contributed by atoms with Gasteiger partial charge < -0.3 is 14.2 Å². The normalized spacial score (nSPS) is 24.3. The third kappa shape index (κ3) is 2.33. The van der Waals surface area contributed by atoms with E-state index in [9.17, 15) is 0 Å². The summed E-state index contributed by atoms with van der Waals surface area (Å²) in [6.45, 7) is 4.63. The first kappa shape index (κ1) is 13.5. The maximum absolute atomic E-state index is 5.92. The van der Waals surface area contributed by atoms with Crippen molar-refractivity contribution in [2.45, 2.75) is 18.9 Å². The number of piperidine rings is 1. The van der Waals surface area contributed by atoms with Crippen LogP contribution in [0.5, 0.6) is 0 Å². The van der Waals surface area contributed by atoms with Crippen LogP contribution in [-0.4, -0.2) is 47.3 Å². The Kier molecular flexibility index (Phi) is 3.12. The molecule has 0 saturated carbocycles. The minimum Gasteiger partial charge on any atom is -0.453 e. The van der Waals surface area contributed by atoms with Crippen LogP contribution in [0, 0.1) is 0 Å². The van der Waals surface area contributed by atoms with Gasteiger partial charge in [0.25, 0.3) is 0 Å². The Hall–Kier alpha value is -1.92. The first-order valence-corrected chi connectivity index (χ1v) is 9.00. The monoisotopic (exact) mass is 326 g/mol. The summed E-state index contributed by atoms with van der Waals surface area (Å²) in [7, 11) is 0. The summed E-state index contributed by atoms with van der Waals surface area (Å²) in [5.41, 5.74) is 0.903. The van der Waals surface area contributed by atoms with Crippen LogP contribution in [0.2, 0.25) is 0 Å². The highest BCUT2D eigenvalue weighted by Crippen LogP contribution is 2.35.